The zero-order chi connectivity index (χ0) is 22.3. The van der Waals surface area contributed by atoms with Gasteiger partial charge in [-0.1, -0.05) is 18.2 Å². The molecule has 1 N–H and O–H groups in total. The normalized spacial score (nSPS) is 11.9. The zero-order valence-corrected chi connectivity index (χ0v) is 19.1. The number of amides is 1. The van der Waals surface area contributed by atoms with Gasteiger partial charge in [-0.2, -0.15) is 4.31 Å². The first-order valence-corrected chi connectivity index (χ1v) is 11.3. The molecule has 164 valence electrons. The number of carbonyl (C=O) groups excluding carboxylic acids is 1. The molecule has 0 radical (unpaired) electrons. The molecular formula is C22H31N3O4S. The van der Waals surface area contributed by atoms with Crippen molar-refractivity contribution in [1.29, 1.82) is 0 Å². The number of carbonyl (C=O) groups is 1. The Balaban J connectivity index is 1.99. The van der Waals surface area contributed by atoms with Gasteiger partial charge in [-0.05, 0) is 63.8 Å². The van der Waals surface area contributed by atoms with Gasteiger partial charge in [0.25, 0.3) is 5.91 Å². The van der Waals surface area contributed by atoms with Crippen molar-refractivity contribution in [3.8, 4) is 5.75 Å². The minimum absolute atomic E-state index is 0.102. The van der Waals surface area contributed by atoms with Crippen LogP contribution in [0, 0.1) is 0 Å². The van der Waals surface area contributed by atoms with Crippen molar-refractivity contribution in [1.82, 2.24) is 14.5 Å². The van der Waals surface area contributed by atoms with Crippen molar-refractivity contribution in [3.63, 3.8) is 0 Å². The second-order valence-corrected chi connectivity index (χ2v) is 9.62. The summed E-state index contributed by atoms with van der Waals surface area (Å²) in [4.78, 5) is 14.7. The summed E-state index contributed by atoms with van der Waals surface area (Å²) in [5.74, 6) is 0.449. The molecule has 0 heterocycles. The first-order valence-electron chi connectivity index (χ1n) is 9.84. The van der Waals surface area contributed by atoms with E-state index in [9.17, 15) is 13.2 Å². The number of rotatable bonds is 10. The number of nitrogens with one attached hydrogen (secondary N) is 1. The highest BCUT2D eigenvalue weighted by Crippen LogP contribution is 2.18. The van der Waals surface area contributed by atoms with E-state index < -0.39 is 10.0 Å². The van der Waals surface area contributed by atoms with Crippen LogP contribution in [0.5, 0.6) is 5.75 Å². The molecule has 0 aliphatic heterocycles. The fraction of sp³-hybridized carbons (Fsp3) is 0.409. The monoisotopic (exact) mass is 433 g/mol. The summed E-state index contributed by atoms with van der Waals surface area (Å²) in [7, 11) is 1.86. The van der Waals surface area contributed by atoms with Gasteiger partial charge >= 0.3 is 0 Å². The number of hydrogen-bond acceptors (Lipinski definition) is 5. The maximum Gasteiger partial charge on any atom is 0.251 e. The van der Waals surface area contributed by atoms with E-state index in [2.05, 4.69) is 5.32 Å². The van der Waals surface area contributed by atoms with E-state index >= 15 is 0 Å². The van der Waals surface area contributed by atoms with Gasteiger partial charge in [0.05, 0.1) is 4.90 Å². The lowest BCUT2D eigenvalue weighted by atomic mass is 10.2. The molecule has 7 nitrogen and oxygen atoms in total. The Bertz CT molecular complexity index is 941. The van der Waals surface area contributed by atoms with E-state index in [4.69, 9.17) is 4.74 Å². The Hall–Kier alpha value is -2.42. The van der Waals surface area contributed by atoms with Gasteiger partial charge in [-0.3, -0.25) is 4.79 Å². The van der Waals surface area contributed by atoms with Crippen molar-refractivity contribution in [3.05, 3.63) is 59.7 Å². The van der Waals surface area contributed by atoms with E-state index in [-0.39, 0.29) is 16.8 Å². The molecule has 0 fully saturated rings. The molecular weight excluding hydrogens is 402 g/mol. The van der Waals surface area contributed by atoms with Crippen LogP contribution < -0.4 is 10.1 Å². The quantitative estimate of drug-likeness (QED) is 0.623. The van der Waals surface area contributed by atoms with Crippen LogP contribution in [-0.4, -0.2) is 63.9 Å². The van der Waals surface area contributed by atoms with E-state index in [0.717, 1.165) is 17.9 Å². The largest absolute Gasteiger partial charge is 0.492 e. The summed E-state index contributed by atoms with van der Waals surface area (Å²) < 4.78 is 32.2. The van der Waals surface area contributed by atoms with Crippen LogP contribution >= 0.6 is 0 Å². The maximum atomic E-state index is 12.7. The van der Waals surface area contributed by atoms with E-state index in [1.807, 2.05) is 43.3 Å². The number of likely N-dealkylation sites (N-methyl/N-ethyl adjacent to an activating group) is 1. The van der Waals surface area contributed by atoms with Crippen molar-refractivity contribution in [2.45, 2.75) is 31.3 Å². The first kappa shape index (κ1) is 23.9. The molecule has 2 rings (SSSR count). The van der Waals surface area contributed by atoms with E-state index in [1.165, 1.54) is 23.5 Å². The van der Waals surface area contributed by atoms with Crippen LogP contribution in [-0.2, 0) is 16.6 Å². The van der Waals surface area contributed by atoms with Gasteiger partial charge in [-0.15, -0.1) is 0 Å². The molecule has 2 aromatic carbocycles. The molecule has 0 aliphatic carbocycles. The lowest BCUT2D eigenvalue weighted by Gasteiger charge is -2.21. The number of sulfonamides is 1. The summed E-state index contributed by atoms with van der Waals surface area (Å²) in [6.45, 7) is 5.37. The Labute approximate surface area is 179 Å². The highest BCUT2D eigenvalue weighted by molar-refractivity contribution is 7.89. The average molecular weight is 434 g/mol. The van der Waals surface area contributed by atoms with Gasteiger partial charge in [0.1, 0.15) is 12.4 Å². The molecule has 0 bridgehead atoms. The third kappa shape index (κ3) is 6.55. The zero-order valence-electron chi connectivity index (χ0n) is 18.3. The summed E-state index contributed by atoms with van der Waals surface area (Å²) >= 11 is 0. The molecule has 0 saturated carbocycles. The predicted molar refractivity (Wildman–Crippen MR) is 118 cm³/mol. The average Bonchev–Trinajstić information content (AvgIpc) is 2.72. The Morgan fingerprint density at radius 1 is 1.07 bits per heavy atom. The second kappa shape index (κ2) is 10.6. The fourth-order valence-electron chi connectivity index (χ4n) is 2.58. The van der Waals surface area contributed by atoms with Gasteiger partial charge in [0.15, 0.2) is 0 Å². The van der Waals surface area contributed by atoms with Crippen molar-refractivity contribution in [2.24, 2.45) is 0 Å². The topological polar surface area (TPSA) is 79.0 Å². The van der Waals surface area contributed by atoms with E-state index in [1.54, 1.807) is 26.0 Å². The van der Waals surface area contributed by atoms with Crippen LogP contribution in [0.2, 0.25) is 0 Å². The fourth-order valence-corrected chi connectivity index (χ4v) is 3.99. The van der Waals surface area contributed by atoms with Gasteiger partial charge in [-0.25, -0.2) is 8.42 Å². The molecule has 1 amide bonds. The van der Waals surface area contributed by atoms with Crippen molar-refractivity contribution < 1.29 is 17.9 Å². The van der Waals surface area contributed by atoms with Crippen LogP contribution in [0.15, 0.2) is 53.4 Å². The lowest BCUT2D eigenvalue weighted by Crippen LogP contribution is -2.33. The third-order valence-corrected chi connectivity index (χ3v) is 6.71. The highest BCUT2D eigenvalue weighted by atomic mass is 32.2. The van der Waals surface area contributed by atoms with Crippen LogP contribution in [0.4, 0.5) is 0 Å². The predicted octanol–water partition coefficient (Wildman–Crippen LogP) is 2.59. The maximum absolute atomic E-state index is 12.7. The van der Waals surface area contributed by atoms with Crippen LogP contribution in [0.3, 0.4) is 0 Å². The number of benzene rings is 2. The van der Waals surface area contributed by atoms with Crippen LogP contribution in [0.25, 0.3) is 0 Å². The highest BCUT2D eigenvalue weighted by Gasteiger charge is 2.23. The van der Waals surface area contributed by atoms with E-state index in [0.29, 0.717) is 18.7 Å². The smallest absolute Gasteiger partial charge is 0.251 e. The summed E-state index contributed by atoms with van der Waals surface area (Å²) in [6.07, 6.45) is 0. The number of nitrogens with zero attached hydrogens (tertiary/aromatic N) is 2. The third-order valence-electron chi connectivity index (χ3n) is 4.68. The minimum Gasteiger partial charge on any atom is -0.492 e. The van der Waals surface area contributed by atoms with Crippen LogP contribution in [0.1, 0.15) is 29.8 Å². The Kier molecular flexibility index (Phi) is 8.40. The van der Waals surface area contributed by atoms with Gasteiger partial charge in [0.2, 0.25) is 10.0 Å². The van der Waals surface area contributed by atoms with Gasteiger partial charge < -0.3 is 15.0 Å². The molecule has 0 aromatic heterocycles. The minimum atomic E-state index is -3.64. The Morgan fingerprint density at radius 3 is 2.33 bits per heavy atom. The van der Waals surface area contributed by atoms with Gasteiger partial charge in [0, 0.05) is 31.7 Å². The first-order chi connectivity index (χ1) is 14.1. The standard InChI is InChI=1S/C22H31N3O4S/c1-17(2)25(5)30(27,28)21-8-6-7-19(15-21)22(26)23-16-18-9-11-20(12-10-18)29-14-13-24(3)4/h6-12,15,17H,13-14,16H2,1-5H3,(H,23,26). The number of ether oxygens (including phenoxy) is 1. The molecule has 0 unspecified atom stereocenters. The number of hydrogen-bond donors (Lipinski definition) is 1. The molecule has 0 spiro atoms. The summed E-state index contributed by atoms with van der Waals surface area (Å²) in [5.41, 5.74) is 1.23. The second-order valence-electron chi connectivity index (χ2n) is 7.62. The summed E-state index contributed by atoms with van der Waals surface area (Å²) in [6, 6.07) is 13.4. The molecule has 30 heavy (non-hydrogen) atoms. The summed E-state index contributed by atoms with van der Waals surface area (Å²) in [5, 5.41) is 2.83. The molecule has 8 heteroatoms. The Morgan fingerprint density at radius 2 is 1.73 bits per heavy atom. The molecule has 0 saturated heterocycles. The lowest BCUT2D eigenvalue weighted by molar-refractivity contribution is 0.0950. The molecule has 2 aromatic rings. The van der Waals surface area contributed by atoms with Crippen molar-refractivity contribution >= 4 is 15.9 Å². The molecule has 0 aliphatic rings. The SMILES string of the molecule is CC(C)N(C)S(=O)(=O)c1cccc(C(=O)NCc2ccc(OCCN(C)C)cc2)c1. The molecule has 0 atom stereocenters. The van der Waals surface area contributed by atoms with Crippen molar-refractivity contribution in [2.75, 3.05) is 34.3 Å².